The predicted molar refractivity (Wildman–Crippen MR) is 108 cm³/mol. The van der Waals surface area contributed by atoms with Gasteiger partial charge in [-0.1, -0.05) is 17.7 Å². The van der Waals surface area contributed by atoms with Crippen LogP contribution >= 0.6 is 0 Å². The number of halogens is 5. The standard InChI is InChI=1S/C19H21F5N2O9S/c1-8-2-4-9(5-3-8)36(33,34)26-10-6-12(16(30)31)35-15(14(29)11(28)7-27)13(10)25-17(32)18(20,21)19(22,23)24/h2-6,10-11,13-15,26-29H,7H2,1H3,(H,25,32)(H,30,31)/t10-,11+,13+,14+,15+/m0/s1. The van der Waals surface area contributed by atoms with Crippen molar-refractivity contribution in [1.82, 2.24) is 10.0 Å². The summed E-state index contributed by atoms with van der Waals surface area (Å²) >= 11 is 0. The molecule has 0 saturated carbocycles. The summed E-state index contributed by atoms with van der Waals surface area (Å²) in [6, 6.07) is 0.521. The normalized spacial score (nSPS) is 22.7. The number of rotatable bonds is 9. The van der Waals surface area contributed by atoms with Crippen molar-refractivity contribution in [3.63, 3.8) is 0 Å². The average molecular weight is 548 g/mol. The van der Waals surface area contributed by atoms with Gasteiger partial charge in [0, 0.05) is 0 Å². The average Bonchev–Trinajstić information content (AvgIpc) is 2.77. The van der Waals surface area contributed by atoms with Crippen LogP contribution < -0.4 is 10.0 Å². The van der Waals surface area contributed by atoms with Crippen LogP contribution in [-0.4, -0.2) is 89.8 Å². The molecule has 17 heteroatoms. The van der Waals surface area contributed by atoms with E-state index in [1.807, 2.05) is 4.72 Å². The fourth-order valence-corrected chi connectivity index (χ4v) is 4.28. The number of carboxylic acid groups (broad SMARTS) is 1. The molecule has 36 heavy (non-hydrogen) atoms. The number of alkyl halides is 5. The molecule has 1 heterocycles. The van der Waals surface area contributed by atoms with Gasteiger partial charge in [0.2, 0.25) is 15.8 Å². The van der Waals surface area contributed by atoms with Crippen LogP contribution in [0.1, 0.15) is 5.56 Å². The zero-order chi connectivity index (χ0) is 27.6. The number of benzene rings is 1. The van der Waals surface area contributed by atoms with Gasteiger partial charge < -0.3 is 30.5 Å². The summed E-state index contributed by atoms with van der Waals surface area (Å²) in [5.74, 6) is -12.0. The van der Waals surface area contributed by atoms with Crippen LogP contribution in [0, 0.1) is 6.92 Å². The number of aryl methyl sites for hydroxylation is 1. The predicted octanol–water partition coefficient (Wildman–Crippen LogP) is -0.594. The van der Waals surface area contributed by atoms with E-state index in [0.717, 1.165) is 12.1 Å². The molecule has 2 rings (SSSR count). The minimum Gasteiger partial charge on any atom is -0.478 e. The molecule has 1 aliphatic rings. The third-order valence-electron chi connectivity index (χ3n) is 5.02. The van der Waals surface area contributed by atoms with Gasteiger partial charge in [-0.15, -0.1) is 0 Å². The lowest BCUT2D eigenvalue weighted by Crippen LogP contribution is -2.66. The van der Waals surface area contributed by atoms with E-state index in [9.17, 15) is 55.3 Å². The van der Waals surface area contributed by atoms with E-state index in [4.69, 9.17) is 9.84 Å². The molecule has 0 aromatic heterocycles. The second-order valence-corrected chi connectivity index (χ2v) is 9.40. The Bertz CT molecular complexity index is 1110. The van der Waals surface area contributed by atoms with Gasteiger partial charge in [0.05, 0.1) is 23.6 Å². The van der Waals surface area contributed by atoms with Gasteiger partial charge in [-0.25, -0.2) is 17.9 Å². The van der Waals surface area contributed by atoms with Crippen LogP contribution in [0.15, 0.2) is 41.0 Å². The van der Waals surface area contributed by atoms with Gasteiger partial charge in [0.15, 0.2) is 0 Å². The van der Waals surface area contributed by atoms with E-state index in [1.54, 1.807) is 6.92 Å². The second kappa shape index (κ2) is 10.6. The maximum atomic E-state index is 13.6. The van der Waals surface area contributed by atoms with E-state index in [0.29, 0.717) is 11.6 Å². The van der Waals surface area contributed by atoms with Crippen LogP contribution in [-0.2, 0) is 24.3 Å². The maximum Gasteiger partial charge on any atom is 0.463 e. The van der Waals surface area contributed by atoms with Crippen LogP contribution in [0.3, 0.4) is 0 Å². The number of amides is 1. The first-order valence-electron chi connectivity index (χ1n) is 9.85. The molecule has 0 saturated heterocycles. The summed E-state index contributed by atoms with van der Waals surface area (Å²) in [4.78, 5) is 22.9. The topological polar surface area (TPSA) is 182 Å². The number of sulfonamides is 1. The zero-order valence-corrected chi connectivity index (χ0v) is 18.9. The molecule has 1 amide bonds. The monoisotopic (exact) mass is 548 g/mol. The van der Waals surface area contributed by atoms with E-state index in [2.05, 4.69) is 0 Å². The van der Waals surface area contributed by atoms with E-state index < -0.39 is 81.7 Å². The minimum atomic E-state index is -6.37. The highest BCUT2D eigenvalue weighted by Gasteiger charge is 2.64. The molecule has 5 atom stereocenters. The molecular weight excluding hydrogens is 527 g/mol. The van der Waals surface area contributed by atoms with Crippen molar-refractivity contribution in [3.05, 3.63) is 41.7 Å². The summed E-state index contributed by atoms with van der Waals surface area (Å²) in [6.45, 7) is 0.404. The van der Waals surface area contributed by atoms with E-state index in [1.165, 1.54) is 17.4 Å². The number of aliphatic carboxylic acids is 1. The summed E-state index contributed by atoms with van der Waals surface area (Å²) in [7, 11) is -4.63. The molecule has 0 spiro atoms. The van der Waals surface area contributed by atoms with Crippen LogP contribution in [0.2, 0.25) is 0 Å². The van der Waals surface area contributed by atoms with Crippen LogP contribution in [0.4, 0.5) is 22.0 Å². The smallest absolute Gasteiger partial charge is 0.463 e. The largest absolute Gasteiger partial charge is 0.478 e. The zero-order valence-electron chi connectivity index (χ0n) is 18.1. The van der Waals surface area contributed by atoms with Crippen molar-refractivity contribution in [2.24, 2.45) is 0 Å². The Hall–Kier alpha value is -2.86. The number of hydrogen-bond acceptors (Lipinski definition) is 8. The summed E-state index contributed by atoms with van der Waals surface area (Å²) in [6.07, 6.45) is -12.8. The second-order valence-electron chi connectivity index (χ2n) is 7.69. The van der Waals surface area contributed by atoms with Gasteiger partial charge in [-0.3, -0.25) is 4.79 Å². The molecule has 0 aliphatic carbocycles. The SMILES string of the molecule is Cc1ccc(S(=O)(=O)N[C@H]2C=C(C(=O)O)O[C@@H]([C@H](O)[C@H](O)CO)[C@@H]2NC(=O)C(F)(F)C(F)(F)F)cc1. The number of carbonyl (C=O) groups is 2. The number of ether oxygens (including phenoxy) is 1. The lowest BCUT2D eigenvalue weighted by atomic mass is 9.92. The number of carbonyl (C=O) groups excluding carboxylic acids is 1. The van der Waals surface area contributed by atoms with Crippen molar-refractivity contribution < 1.29 is 65.1 Å². The van der Waals surface area contributed by atoms with Crippen molar-refractivity contribution in [2.75, 3.05) is 6.61 Å². The Morgan fingerprint density at radius 2 is 1.67 bits per heavy atom. The first-order chi connectivity index (χ1) is 16.4. The first-order valence-corrected chi connectivity index (χ1v) is 11.3. The fourth-order valence-electron chi connectivity index (χ4n) is 3.08. The molecule has 1 aromatic carbocycles. The first kappa shape index (κ1) is 29.4. The highest BCUT2D eigenvalue weighted by atomic mass is 32.2. The van der Waals surface area contributed by atoms with Crippen molar-refractivity contribution in [2.45, 2.75) is 54.3 Å². The number of nitrogens with one attached hydrogen (secondary N) is 2. The quantitative estimate of drug-likeness (QED) is 0.220. The summed E-state index contributed by atoms with van der Waals surface area (Å²) in [5.41, 5.74) is 0.633. The molecule has 6 N–H and O–H groups in total. The number of hydrogen-bond donors (Lipinski definition) is 6. The van der Waals surface area contributed by atoms with Crippen molar-refractivity contribution in [3.8, 4) is 0 Å². The van der Waals surface area contributed by atoms with Gasteiger partial charge in [0.1, 0.15) is 18.3 Å². The lowest BCUT2D eigenvalue weighted by molar-refractivity contribution is -0.270. The van der Waals surface area contributed by atoms with Crippen molar-refractivity contribution in [1.29, 1.82) is 0 Å². The number of aliphatic hydroxyl groups excluding tert-OH is 3. The Kier molecular flexibility index (Phi) is 8.67. The van der Waals surface area contributed by atoms with Crippen molar-refractivity contribution >= 4 is 21.9 Å². The van der Waals surface area contributed by atoms with Crippen LogP contribution in [0.5, 0.6) is 0 Å². The molecule has 1 aliphatic heterocycles. The van der Waals surface area contributed by atoms with Gasteiger partial charge in [-0.2, -0.15) is 22.0 Å². The Morgan fingerprint density at radius 3 is 2.14 bits per heavy atom. The molecule has 11 nitrogen and oxygen atoms in total. The lowest BCUT2D eigenvalue weighted by Gasteiger charge is -2.40. The third-order valence-corrected chi connectivity index (χ3v) is 6.50. The molecule has 0 fully saturated rings. The molecule has 202 valence electrons. The molecular formula is C19H21F5N2O9S. The molecule has 0 unspecified atom stereocenters. The van der Waals surface area contributed by atoms with Gasteiger partial charge >= 0.3 is 24.0 Å². The molecule has 0 bridgehead atoms. The van der Waals surface area contributed by atoms with E-state index in [-0.39, 0.29) is 0 Å². The third kappa shape index (κ3) is 6.28. The highest BCUT2D eigenvalue weighted by molar-refractivity contribution is 7.89. The Balaban J connectivity index is 2.59. The summed E-state index contributed by atoms with van der Waals surface area (Å²) in [5, 5.41) is 39.6. The Morgan fingerprint density at radius 1 is 1.11 bits per heavy atom. The van der Waals surface area contributed by atoms with Gasteiger partial charge in [-0.05, 0) is 25.1 Å². The highest BCUT2D eigenvalue weighted by Crippen LogP contribution is 2.36. The Labute approximate surface area is 200 Å². The summed E-state index contributed by atoms with van der Waals surface area (Å²) < 4.78 is 97.7. The number of aliphatic hydroxyl groups is 3. The van der Waals surface area contributed by atoms with Crippen LogP contribution in [0.25, 0.3) is 0 Å². The fraction of sp³-hybridized carbons (Fsp3) is 0.474. The van der Waals surface area contributed by atoms with E-state index >= 15 is 0 Å². The number of carboxylic acids is 1. The van der Waals surface area contributed by atoms with Gasteiger partial charge in [0.25, 0.3) is 0 Å². The molecule has 0 radical (unpaired) electrons. The minimum absolute atomic E-state index is 0.428. The maximum absolute atomic E-state index is 13.6. The molecule has 1 aromatic rings.